The zero-order valence-electron chi connectivity index (χ0n) is 35.1. The van der Waals surface area contributed by atoms with Crippen molar-refractivity contribution in [1.82, 2.24) is 0 Å². The van der Waals surface area contributed by atoms with Crippen LogP contribution in [0.25, 0.3) is 38.3 Å². The summed E-state index contributed by atoms with van der Waals surface area (Å²) in [6.07, 6.45) is 6.08. The van der Waals surface area contributed by atoms with Crippen molar-refractivity contribution < 1.29 is 49.0 Å². The third-order valence-corrected chi connectivity index (χ3v) is 12.6. The Balaban J connectivity index is 0.000000166. The van der Waals surface area contributed by atoms with E-state index in [-0.39, 0.29) is 30.7 Å². The first-order chi connectivity index (χ1) is 29.6. The van der Waals surface area contributed by atoms with E-state index >= 15 is 0 Å². The Morgan fingerprint density at radius 1 is 0.468 bits per heavy atom. The number of allylic oxidation sites excluding steroid dienone is 4. The number of fused-ring (bicyclic) bond motifs is 3. The van der Waals surface area contributed by atoms with Crippen LogP contribution in [0, 0.1) is 6.08 Å². The minimum atomic E-state index is 0. The Morgan fingerprint density at radius 2 is 0.855 bits per heavy atom. The number of benzene rings is 8. The summed E-state index contributed by atoms with van der Waals surface area (Å²) in [5.74, 6) is 0.101. The molecule has 0 fully saturated rings. The maximum absolute atomic E-state index is 3.86. The molecule has 9 aromatic carbocycles. The van der Waals surface area contributed by atoms with Gasteiger partial charge in [-0.3, -0.25) is 0 Å². The summed E-state index contributed by atoms with van der Waals surface area (Å²) < 4.78 is 1.42. The third kappa shape index (κ3) is 10.7. The van der Waals surface area contributed by atoms with Crippen molar-refractivity contribution in [2.45, 2.75) is 32.6 Å². The van der Waals surface area contributed by atoms with Crippen molar-refractivity contribution in [3.8, 4) is 0 Å². The van der Waals surface area contributed by atoms with Crippen LogP contribution in [0.3, 0.4) is 0 Å². The average Bonchev–Trinajstić information content (AvgIpc) is 3.92. The van der Waals surface area contributed by atoms with Gasteiger partial charge in [0.2, 0.25) is 0 Å². The third-order valence-electron chi connectivity index (χ3n) is 11.2. The van der Waals surface area contributed by atoms with Gasteiger partial charge in [-0.1, -0.05) is 170 Å². The fourth-order valence-corrected chi connectivity index (χ4v) is 8.89. The van der Waals surface area contributed by atoms with Crippen molar-refractivity contribution in [3.05, 3.63) is 275 Å². The topological polar surface area (TPSA) is 0 Å². The molecule has 0 spiro atoms. The van der Waals surface area contributed by atoms with Gasteiger partial charge in [-0.2, -0.15) is 11.6 Å². The summed E-state index contributed by atoms with van der Waals surface area (Å²) in [6, 6.07) is 79.9. The standard InChI is InChI=1S/C29H21.C17H17.C13H10.2ClH.Zr/c1-5-13-22(14-6-1)26-21-27(23-15-7-2-8-16-23)29(25-19-11-4-12-20-25)28(26)24-17-9-3-10-18-24;1-3-12-5-7-16-14(9-12)11-15-10-13(4-2)6-8-17(15)16;1-3-7-12(8-4-1)11-13-9-5-2-6-10-13;;;/h1-20,26H;5-11H,3-4H2,1-2H3;1-10H;2*1H;/q2*-1;;;;+2/p-2. The summed E-state index contributed by atoms with van der Waals surface area (Å²) in [5.41, 5.74) is 14.2. The van der Waals surface area contributed by atoms with Crippen molar-refractivity contribution in [3.63, 3.8) is 0 Å². The summed E-state index contributed by atoms with van der Waals surface area (Å²) in [7, 11) is 0. The van der Waals surface area contributed by atoms with Crippen molar-refractivity contribution in [2.24, 2.45) is 0 Å². The van der Waals surface area contributed by atoms with Gasteiger partial charge in [0.1, 0.15) is 0 Å². The Bertz CT molecular complexity index is 2760. The van der Waals surface area contributed by atoms with Gasteiger partial charge in [-0.25, -0.2) is 0 Å². The molecule has 1 atom stereocenters. The first kappa shape index (κ1) is 46.0. The van der Waals surface area contributed by atoms with E-state index in [0.29, 0.717) is 0 Å². The Hall–Kier alpha value is -5.56. The molecule has 0 aromatic heterocycles. The van der Waals surface area contributed by atoms with Crippen molar-refractivity contribution in [2.75, 3.05) is 0 Å². The van der Waals surface area contributed by atoms with Gasteiger partial charge < -0.3 is 24.8 Å². The molecular formula is C59H48Cl2Zr-2. The molecule has 0 heterocycles. The molecule has 9 aromatic rings. The summed E-state index contributed by atoms with van der Waals surface area (Å²) in [5, 5.41) is 5.54. The van der Waals surface area contributed by atoms with Crippen LogP contribution >= 0.6 is 0 Å². The maximum atomic E-state index is 3.86. The van der Waals surface area contributed by atoms with Gasteiger partial charge in [0.25, 0.3) is 0 Å². The van der Waals surface area contributed by atoms with E-state index in [1.54, 1.807) is 0 Å². The molecule has 0 saturated carbocycles. The van der Waals surface area contributed by atoms with E-state index in [1.165, 1.54) is 110 Å². The summed E-state index contributed by atoms with van der Waals surface area (Å²) in [6.45, 7) is 4.41. The van der Waals surface area contributed by atoms with Crippen LogP contribution in [0.2, 0.25) is 0 Å². The van der Waals surface area contributed by atoms with E-state index in [0.717, 1.165) is 12.8 Å². The number of hydrogen-bond acceptors (Lipinski definition) is 0. The van der Waals surface area contributed by atoms with Crippen molar-refractivity contribution >= 4 is 41.5 Å². The van der Waals surface area contributed by atoms with E-state index in [4.69, 9.17) is 0 Å². The first-order valence-corrected chi connectivity index (χ1v) is 22.2. The Kier molecular flexibility index (Phi) is 16.7. The number of hydrogen-bond donors (Lipinski definition) is 0. The van der Waals surface area contributed by atoms with Crippen molar-refractivity contribution in [1.29, 1.82) is 0 Å². The zero-order valence-corrected chi connectivity index (χ0v) is 39.1. The van der Waals surface area contributed by atoms with Crippen LogP contribution in [0.4, 0.5) is 0 Å². The van der Waals surface area contributed by atoms with Gasteiger partial charge in [-0.05, 0) is 29.9 Å². The van der Waals surface area contributed by atoms with E-state index in [2.05, 4.69) is 244 Å². The second-order valence-corrected chi connectivity index (χ2v) is 16.3. The molecule has 0 aliphatic heterocycles. The molecule has 0 N–H and O–H groups in total. The van der Waals surface area contributed by atoms with Crippen LogP contribution in [0.15, 0.2) is 224 Å². The van der Waals surface area contributed by atoms with Crippen LogP contribution < -0.4 is 24.8 Å². The van der Waals surface area contributed by atoms with Gasteiger partial charge in [0.15, 0.2) is 0 Å². The second kappa shape index (κ2) is 22.5. The van der Waals surface area contributed by atoms with Gasteiger partial charge in [0, 0.05) is 0 Å². The average molecular weight is 919 g/mol. The molecule has 1 unspecified atom stereocenters. The molecule has 62 heavy (non-hydrogen) atoms. The fraction of sp³-hybridized carbons (Fsp3) is 0.0847. The zero-order chi connectivity index (χ0) is 41.1. The molecule has 304 valence electrons. The molecule has 0 radical (unpaired) electrons. The Morgan fingerprint density at radius 3 is 1.29 bits per heavy atom. The summed E-state index contributed by atoms with van der Waals surface area (Å²) in [4.78, 5) is 0. The van der Waals surface area contributed by atoms with Gasteiger partial charge in [-0.15, -0.1) is 63.0 Å². The normalized spacial score (nSPS) is 12.8. The molecule has 1 aliphatic rings. The van der Waals surface area contributed by atoms with Crippen LogP contribution in [-0.2, 0) is 37.1 Å². The number of halogens is 2. The minimum absolute atomic E-state index is 0. The quantitative estimate of drug-likeness (QED) is 0.134. The van der Waals surface area contributed by atoms with Gasteiger partial charge in [0.05, 0.1) is 0 Å². The SMILES string of the molecule is CCc1ccc2c(c1)[cH-]c1cc(CC)ccc12.[C-]1=C(c2ccccc2)C(c2ccccc2)=C(c2ccccc2)C1c1ccccc1.[Cl-].[Cl-].[Zr+2]=[C](c1ccccc1)c1ccccc1. The Labute approximate surface area is 395 Å². The number of aryl methyl sites for hydroxylation is 2. The predicted octanol–water partition coefficient (Wildman–Crippen LogP) is 8.93. The monoisotopic (exact) mass is 916 g/mol. The molecule has 0 bridgehead atoms. The molecule has 0 amide bonds. The predicted molar refractivity (Wildman–Crippen MR) is 254 cm³/mol. The second-order valence-electron chi connectivity index (χ2n) is 15.1. The summed E-state index contributed by atoms with van der Waals surface area (Å²) >= 11 is 1.46. The van der Waals surface area contributed by atoms with Crippen LogP contribution in [0.5, 0.6) is 0 Å². The first-order valence-electron chi connectivity index (χ1n) is 21.0. The molecule has 10 rings (SSSR count). The van der Waals surface area contributed by atoms with Crippen LogP contribution in [0.1, 0.15) is 64.3 Å². The van der Waals surface area contributed by atoms with E-state index in [1.807, 2.05) is 0 Å². The van der Waals surface area contributed by atoms with E-state index in [9.17, 15) is 0 Å². The van der Waals surface area contributed by atoms with Crippen LogP contribution in [-0.4, -0.2) is 3.21 Å². The van der Waals surface area contributed by atoms with E-state index < -0.39 is 0 Å². The molecular weight excluding hydrogens is 871 g/mol. The fourth-order valence-electron chi connectivity index (χ4n) is 8.07. The van der Waals surface area contributed by atoms with Gasteiger partial charge >= 0.3 is 99.2 Å². The molecule has 0 nitrogen and oxygen atoms in total. The molecule has 3 heteroatoms. The number of rotatable bonds is 8. The molecule has 0 saturated heterocycles. The molecule has 1 aliphatic carbocycles.